The van der Waals surface area contributed by atoms with Gasteiger partial charge in [0.1, 0.15) is 5.82 Å². The summed E-state index contributed by atoms with van der Waals surface area (Å²) < 4.78 is 18.5. The zero-order chi connectivity index (χ0) is 12.7. The quantitative estimate of drug-likeness (QED) is 0.713. The fourth-order valence-electron chi connectivity index (χ4n) is 1.35. The summed E-state index contributed by atoms with van der Waals surface area (Å²) in [4.78, 5) is 10.7. The first-order chi connectivity index (χ1) is 8.15. The number of aromatic carboxylic acids is 1. The summed E-state index contributed by atoms with van der Waals surface area (Å²) in [5.41, 5.74) is 0.439. The van der Waals surface area contributed by atoms with Gasteiger partial charge in [-0.05, 0) is 25.1 Å². The maximum absolute atomic E-state index is 13.3. The Morgan fingerprint density at radius 1 is 1.53 bits per heavy atom. The van der Waals surface area contributed by atoms with Gasteiger partial charge in [0.05, 0.1) is 12.2 Å². The van der Waals surface area contributed by atoms with Crippen LogP contribution in [0.5, 0.6) is 0 Å². The maximum Gasteiger partial charge on any atom is 0.335 e. The van der Waals surface area contributed by atoms with Gasteiger partial charge < -0.3 is 15.2 Å². The Morgan fingerprint density at radius 3 is 2.94 bits per heavy atom. The Hall–Kier alpha value is -1.46. The summed E-state index contributed by atoms with van der Waals surface area (Å²) in [5, 5.41) is 11.8. The SMILES string of the molecule is CCOCCNCc1cc(C(=O)O)ccc1F. The first-order valence-electron chi connectivity index (χ1n) is 5.45. The lowest BCUT2D eigenvalue weighted by molar-refractivity contribution is 0.0696. The van der Waals surface area contributed by atoms with Gasteiger partial charge in [-0.25, -0.2) is 9.18 Å². The van der Waals surface area contributed by atoms with Crippen molar-refractivity contribution in [3.63, 3.8) is 0 Å². The molecule has 0 aliphatic heterocycles. The van der Waals surface area contributed by atoms with Crippen molar-refractivity contribution in [2.45, 2.75) is 13.5 Å². The summed E-state index contributed by atoms with van der Waals surface area (Å²) in [6, 6.07) is 3.76. The van der Waals surface area contributed by atoms with Crippen LogP contribution in [0, 0.1) is 5.82 Å². The first kappa shape index (κ1) is 13.6. The molecule has 5 heteroatoms. The van der Waals surface area contributed by atoms with Crippen LogP contribution in [-0.2, 0) is 11.3 Å². The van der Waals surface area contributed by atoms with E-state index in [-0.39, 0.29) is 5.56 Å². The second kappa shape index (κ2) is 6.98. The van der Waals surface area contributed by atoms with Gasteiger partial charge in [0, 0.05) is 25.3 Å². The molecule has 0 aromatic heterocycles. The van der Waals surface area contributed by atoms with Crippen molar-refractivity contribution in [1.29, 1.82) is 0 Å². The van der Waals surface area contributed by atoms with Crippen molar-refractivity contribution in [2.24, 2.45) is 0 Å². The minimum atomic E-state index is -1.06. The molecule has 0 radical (unpaired) electrons. The second-order valence-electron chi connectivity index (χ2n) is 3.49. The fourth-order valence-corrected chi connectivity index (χ4v) is 1.35. The number of hydrogen-bond acceptors (Lipinski definition) is 3. The summed E-state index contributed by atoms with van der Waals surface area (Å²) >= 11 is 0. The standard InChI is InChI=1S/C12H16FNO3/c1-2-17-6-5-14-8-10-7-9(12(15)16)3-4-11(10)13/h3-4,7,14H,2,5-6,8H2,1H3,(H,15,16). The van der Waals surface area contributed by atoms with E-state index in [1.165, 1.54) is 18.2 Å². The molecule has 1 aromatic carbocycles. The molecule has 0 saturated carbocycles. The van der Waals surface area contributed by atoms with Gasteiger partial charge in [-0.3, -0.25) is 0 Å². The Bertz CT molecular complexity index is 382. The lowest BCUT2D eigenvalue weighted by Gasteiger charge is -2.07. The van der Waals surface area contributed by atoms with Crippen molar-refractivity contribution >= 4 is 5.97 Å². The predicted molar refractivity (Wildman–Crippen MR) is 61.6 cm³/mol. The Balaban J connectivity index is 2.51. The van der Waals surface area contributed by atoms with Gasteiger partial charge in [0.15, 0.2) is 0 Å². The lowest BCUT2D eigenvalue weighted by Crippen LogP contribution is -2.20. The molecule has 0 saturated heterocycles. The zero-order valence-electron chi connectivity index (χ0n) is 9.70. The number of carbonyl (C=O) groups is 1. The molecule has 0 bridgehead atoms. The molecule has 0 atom stereocenters. The Morgan fingerprint density at radius 2 is 2.29 bits per heavy atom. The van der Waals surface area contributed by atoms with E-state index < -0.39 is 11.8 Å². The Labute approximate surface area is 99.4 Å². The highest BCUT2D eigenvalue weighted by molar-refractivity contribution is 5.87. The average molecular weight is 241 g/mol. The topological polar surface area (TPSA) is 58.6 Å². The van der Waals surface area contributed by atoms with Gasteiger partial charge in [-0.1, -0.05) is 0 Å². The highest BCUT2D eigenvalue weighted by Crippen LogP contribution is 2.10. The van der Waals surface area contributed by atoms with Crippen molar-refractivity contribution in [3.8, 4) is 0 Å². The third kappa shape index (κ3) is 4.50. The van der Waals surface area contributed by atoms with E-state index in [9.17, 15) is 9.18 Å². The summed E-state index contributed by atoms with van der Waals surface area (Å²) in [5.74, 6) is -1.46. The minimum absolute atomic E-state index is 0.0907. The first-order valence-corrected chi connectivity index (χ1v) is 5.45. The molecule has 17 heavy (non-hydrogen) atoms. The molecule has 0 aliphatic carbocycles. The molecule has 4 nitrogen and oxygen atoms in total. The minimum Gasteiger partial charge on any atom is -0.478 e. The van der Waals surface area contributed by atoms with Crippen molar-refractivity contribution < 1.29 is 19.0 Å². The molecular formula is C12H16FNO3. The number of halogens is 1. The lowest BCUT2D eigenvalue weighted by atomic mass is 10.1. The van der Waals surface area contributed by atoms with E-state index in [0.29, 0.717) is 31.9 Å². The number of carboxylic acid groups (broad SMARTS) is 1. The van der Waals surface area contributed by atoms with E-state index in [4.69, 9.17) is 9.84 Å². The molecule has 0 aliphatic rings. The summed E-state index contributed by atoms with van der Waals surface area (Å²) in [7, 11) is 0. The number of rotatable bonds is 7. The van der Waals surface area contributed by atoms with Crippen LogP contribution in [0.2, 0.25) is 0 Å². The number of ether oxygens (including phenoxy) is 1. The van der Waals surface area contributed by atoms with E-state index in [0.717, 1.165) is 0 Å². The van der Waals surface area contributed by atoms with Gasteiger partial charge in [0.25, 0.3) is 0 Å². The van der Waals surface area contributed by atoms with Crippen LogP contribution < -0.4 is 5.32 Å². The molecule has 0 unspecified atom stereocenters. The smallest absolute Gasteiger partial charge is 0.335 e. The van der Waals surface area contributed by atoms with Crippen LogP contribution in [0.1, 0.15) is 22.8 Å². The maximum atomic E-state index is 13.3. The fraction of sp³-hybridized carbons (Fsp3) is 0.417. The monoisotopic (exact) mass is 241 g/mol. The van der Waals surface area contributed by atoms with E-state index in [1.54, 1.807) is 0 Å². The molecule has 2 N–H and O–H groups in total. The van der Waals surface area contributed by atoms with Gasteiger partial charge in [-0.2, -0.15) is 0 Å². The average Bonchev–Trinajstić information content (AvgIpc) is 2.30. The normalized spacial score (nSPS) is 10.5. The third-order valence-electron chi connectivity index (χ3n) is 2.24. The zero-order valence-corrected chi connectivity index (χ0v) is 9.70. The van der Waals surface area contributed by atoms with Crippen molar-refractivity contribution in [3.05, 3.63) is 35.1 Å². The van der Waals surface area contributed by atoms with Crippen molar-refractivity contribution in [2.75, 3.05) is 19.8 Å². The van der Waals surface area contributed by atoms with Gasteiger partial charge in [-0.15, -0.1) is 0 Å². The highest BCUT2D eigenvalue weighted by Gasteiger charge is 2.07. The predicted octanol–water partition coefficient (Wildman–Crippen LogP) is 1.65. The molecule has 0 amide bonds. The molecule has 0 spiro atoms. The van der Waals surface area contributed by atoms with Crippen LogP contribution in [0.25, 0.3) is 0 Å². The Kier molecular flexibility index (Phi) is 5.59. The van der Waals surface area contributed by atoms with E-state index >= 15 is 0 Å². The second-order valence-corrected chi connectivity index (χ2v) is 3.49. The van der Waals surface area contributed by atoms with Gasteiger partial charge >= 0.3 is 5.97 Å². The largest absolute Gasteiger partial charge is 0.478 e. The number of carboxylic acids is 1. The highest BCUT2D eigenvalue weighted by atomic mass is 19.1. The number of benzene rings is 1. The van der Waals surface area contributed by atoms with Crippen LogP contribution in [0.15, 0.2) is 18.2 Å². The molecule has 0 heterocycles. The number of hydrogen-bond donors (Lipinski definition) is 2. The van der Waals surface area contributed by atoms with E-state index in [2.05, 4.69) is 5.32 Å². The molecule has 1 aromatic rings. The molecule has 1 rings (SSSR count). The van der Waals surface area contributed by atoms with Crippen LogP contribution >= 0.6 is 0 Å². The molecule has 0 fully saturated rings. The van der Waals surface area contributed by atoms with Crippen LogP contribution in [-0.4, -0.2) is 30.8 Å². The van der Waals surface area contributed by atoms with Crippen LogP contribution in [0.3, 0.4) is 0 Å². The molecular weight excluding hydrogens is 225 g/mol. The summed E-state index contributed by atoms with van der Waals surface area (Å²) in [6.45, 7) is 3.99. The van der Waals surface area contributed by atoms with E-state index in [1.807, 2.05) is 6.92 Å². The van der Waals surface area contributed by atoms with Crippen LogP contribution in [0.4, 0.5) is 4.39 Å². The molecule has 94 valence electrons. The van der Waals surface area contributed by atoms with Crippen molar-refractivity contribution in [1.82, 2.24) is 5.32 Å². The number of nitrogens with one attached hydrogen (secondary N) is 1. The summed E-state index contributed by atoms with van der Waals surface area (Å²) in [6.07, 6.45) is 0. The van der Waals surface area contributed by atoms with Gasteiger partial charge in [0.2, 0.25) is 0 Å². The third-order valence-corrected chi connectivity index (χ3v) is 2.24.